The van der Waals surface area contributed by atoms with Gasteiger partial charge in [0.2, 0.25) is 5.91 Å². The fourth-order valence-corrected chi connectivity index (χ4v) is 7.47. The summed E-state index contributed by atoms with van der Waals surface area (Å²) in [6.07, 6.45) is 3.53. The number of carbonyl (C=O) groups excluding carboxylic acids is 1. The molecule has 2 aliphatic heterocycles. The van der Waals surface area contributed by atoms with E-state index in [1.54, 1.807) is 29.8 Å². The van der Waals surface area contributed by atoms with Gasteiger partial charge in [0.25, 0.3) is 0 Å². The van der Waals surface area contributed by atoms with Crippen LogP contribution in [0.3, 0.4) is 0 Å². The Balaban J connectivity index is 1.42. The first-order chi connectivity index (χ1) is 13.3. The highest BCUT2D eigenvalue weighted by atomic mass is 32.2. The summed E-state index contributed by atoms with van der Waals surface area (Å²) in [7, 11) is -3.21. The number of aromatic nitrogens is 2. The van der Waals surface area contributed by atoms with Gasteiger partial charge in [0.15, 0.2) is 9.84 Å². The normalized spacial score (nSPS) is 26.3. The monoisotopic (exact) mass is 420 g/mol. The molecular formula is C19H24N4O3S2. The van der Waals surface area contributed by atoms with Crippen molar-refractivity contribution in [1.82, 2.24) is 20.2 Å². The summed E-state index contributed by atoms with van der Waals surface area (Å²) < 4.78 is 25.3. The summed E-state index contributed by atoms with van der Waals surface area (Å²) in [6.45, 7) is 5.89. The molecule has 0 bridgehead atoms. The van der Waals surface area contributed by atoms with Crippen LogP contribution in [0.15, 0.2) is 24.5 Å². The Kier molecular flexibility index (Phi) is 5.24. The molecule has 150 valence electrons. The van der Waals surface area contributed by atoms with Gasteiger partial charge >= 0.3 is 0 Å². The number of pyridine rings is 1. The number of likely N-dealkylation sites (tertiary alicyclic amines) is 1. The fourth-order valence-electron chi connectivity index (χ4n) is 4.17. The molecule has 4 rings (SSSR count). The lowest BCUT2D eigenvalue weighted by atomic mass is 10.0. The lowest BCUT2D eigenvalue weighted by Gasteiger charge is -2.20. The number of carbonyl (C=O) groups is 1. The third-order valence-corrected chi connectivity index (χ3v) is 8.94. The maximum Gasteiger partial charge on any atom is 0.224 e. The van der Waals surface area contributed by atoms with Crippen molar-refractivity contribution in [3.63, 3.8) is 0 Å². The van der Waals surface area contributed by atoms with Gasteiger partial charge in [-0.15, -0.1) is 11.3 Å². The topological polar surface area (TPSA) is 92.3 Å². The number of nitrogens with zero attached hydrogens (tertiary/aromatic N) is 3. The molecule has 1 N–H and O–H groups in total. The average Bonchev–Trinajstić information content (AvgIpc) is 3.25. The van der Waals surface area contributed by atoms with Crippen LogP contribution in [0.2, 0.25) is 0 Å². The van der Waals surface area contributed by atoms with E-state index >= 15 is 0 Å². The Morgan fingerprint density at radius 3 is 2.86 bits per heavy atom. The van der Waals surface area contributed by atoms with Crippen LogP contribution in [0.4, 0.5) is 0 Å². The maximum absolute atomic E-state index is 12.6. The van der Waals surface area contributed by atoms with E-state index < -0.39 is 15.1 Å². The van der Waals surface area contributed by atoms with Crippen molar-refractivity contribution >= 4 is 27.1 Å². The predicted molar refractivity (Wildman–Crippen MR) is 108 cm³/mol. The first kappa shape index (κ1) is 19.5. The zero-order chi connectivity index (χ0) is 19.9. The van der Waals surface area contributed by atoms with Crippen molar-refractivity contribution < 1.29 is 13.2 Å². The SMILES string of the molecule is Cc1nc(CN2C[C@H]3[C@H](NC(=O)Cc4cccnc4)CS(=O)(=O)[C@H]3C2)sc1C. The van der Waals surface area contributed by atoms with Crippen molar-refractivity contribution in [2.75, 3.05) is 18.8 Å². The molecular weight excluding hydrogens is 396 g/mol. The van der Waals surface area contributed by atoms with Gasteiger partial charge in [-0.05, 0) is 25.5 Å². The van der Waals surface area contributed by atoms with Crippen molar-refractivity contribution in [3.05, 3.63) is 45.7 Å². The molecule has 2 saturated heterocycles. The van der Waals surface area contributed by atoms with Gasteiger partial charge in [-0.1, -0.05) is 6.07 Å². The second kappa shape index (κ2) is 7.53. The average molecular weight is 421 g/mol. The van der Waals surface area contributed by atoms with E-state index in [-0.39, 0.29) is 30.0 Å². The molecule has 0 spiro atoms. The molecule has 9 heteroatoms. The van der Waals surface area contributed by atoms with Gasteiger partial charge in [-0.3, -0.25) is 14.7 Å². The van der Waals surface area contributed by atoms with Crippen molar-refractivity contribution in [2.24, 2.45) is 5.92 Å². The lowest BCUT2D eigenvalue weighted by Crippen LogP contribution is -2.42. The number of sulfone groups is 1. The molecule has 4 heterocycles. The molecule has 0 radical (unpaired) electrons. The van der Waals surface area contributed by atoms with E-state index in [4.69, 9.17) is 0 Å². The Morgan fingerprint density at radius 2 is 2.18 bits per heavy atom. The van der Waals surface area contributed by atoms with Crippen LogP contribution >= 0.6 is 11.3 Å². The number of hydrogen-bond acceptors (Lipinski definition) is 7. The third kappa shape index (κ3) is 3.97. The number of aryl methyl sites for hydroxylation is 2. The predicted octanol–water partition coefficient (Wildman–Crippen LogP) is 1.11. The number of amides is 1. The van der Waals surface area contributed by atoms with Gasteiger partial charge in [-0.2, -0.15) is 0 Å². The van der Waals surface area contributed by atoms with Gasteiger partial charge in [-0.25, -0.2) is 13.4 Å². The van der Waals surface area contributed by atoms with Crippen LogP contribution in [-0.4, -0.2) is 59.3 Å². The molecule has 7 nitrogen and oxygen atoms in total. The highest BCUT2D eigenvalue weighted by molar-refractivity contribution is 7.92. The maximum atomic E-state index is 12.6. The lowest BCUT2D eigenvalue weighted by molar-refractivity contribution is -0.121. The van der Waals surface area contributed by atoms with Crippen LogP contribution in [0.5, 0.6) is 0 Å². The first-order valence-electron chi connectivity index (χ1n) is 9.37. The molecule has 0 saturated carbocycles. The molecule has 1 amide bonds. The molecule has 28 heavy (non-hydrogen) atoms. The summed E-state index contributed by atoms with van der Waals surface area (Å²) in [5, 5.41) is 3.58. The standard InChI is InChI=1S/C19H24N4O3S2/c1-12-13(2)27-19(21-12)10-23-8-15-16(11-28(25,26)17(15)9-23)22-18(24)6-14-4-3-5-20-7-14/h3-5,7,15-17H,6,8-11H2,1-2H3,(H,22,24)/t15-,16+,17-/m0/s1. The number of nitrogens with one attached hydrogen (secondary N) is 1. The molecule has 0 aliphatic carbocycles. The van der Waals surface area contributed by atoms with Crippen LogP contribution in [-0.2, 0) is 27.6 Å². The second-order valence-corrected chi connectivity index (χ2v) is 11.2. The van der Waals surface area contributed by atoms with Crippen molar-refractivity contribution in [2.45, 2.75) is 38.1 Å². The smallest absolute Gasteiger partial charge is 0.224 e. The van der Waals surface area contributed by atoms with E-state index in [1.807, 2.05) is 19.9 Å². The minimum Gasteiger partial charge on any atom is -0.352 e. The number of hydrogen-bond donors (Lipinski definition) is 1. The zero-order valence-corrected chi connectivity index (χ0v) is 17.6. The molecule has 0 unspecified atom stereocenters. The molecule has 2 aromatic rings. The molecule has 2 fully saturated rings. The highest BCUT2D eigenvalue weighted by Gasteiger charge is 2.52. The van der Waals surface area contributed by atoms with Gasteiger partial charge in [0.1, 0.15) is 5.01 Å². The number of fused-ring (bicyclic) bond motifs is 1. The van der Waals surface area contributed by atoms with Crippen molar-refractivity contribution in [1.29, 1.82) is 0 Å². The van der Waals surface area contributed by atoms with Crippen LogP contribution < -0.4 is 5.32 Å². The Bertz CT molecular complexity index is 955. The summed E-state index contributed by atoms with van der Waals surface area (Å²) in [5.41, 5.74) is 1.85. The molecule has 2 aromatic heterocycles. The van der Waals surface area contributed by atoms with E-state index in [9.17, 15) is 13.2 Å². The van der Waals surface area contributed by atoms with Crippen LogP contribution in [0.1, 0.15) is 21.1 Å². The quantitative estimate of drug-likeness (QED) is 0.779. The highest BCUT2D eigenvalue weighted by Crippen LogP contribution is 2.35. The molecule has 3 atom stereocenters. The summed E-state index contributed by atoms with van der Waals surface area (Å²) >= 11 is 1.66. The Labute approximate surface area is 169 Å². The Morgan fingerprint density at radius 1 is 1.36 bits per heavy atom. The largest absolute Gasteiger partial charge is 0.352 e. The summed E-state index contributed by atoms with van der Waals surface area (Å²) in [5.74, 6) is -0.187. The van der Waals surface area contributed by atoms with E-state index in [0.717, 1.165) is 16.3 Å². The molecule has 2 aliphatic rings. The summed E-state index contributed by atoms with van der Waals surface area (Å²) in [4.78, 5) is 24.4. The third-order valence-electron chi connectivity index (χ3n) is 5.64. The number of thiazole rings is 1. The first-order valence-corrected chi connectivity index (χ1v) is 11.9. The van der Waals surface area contributed by atoms with Crippen molar-refractivity contribution in [3.8, 4) is 0 Å². The summed E-state index contributed by atoms with van der Waals surface area (Å²) in [6, 6.07) is 3.30. The Hall–Kier alpha value is -1.84. The molecule has 0 aromatic carbocycles. The second-order valence-electron chi connectivity index (χ2n) is 7.69. The van der Waals surface area contributed by atoms with Crippen LogP contribution in [0.25, 0.3) is 0 Å². The minimum atomic E-state index is -3.21. The van der Waals surface area contributed by atoms with E-state index in [1.165, 1.54) is 4.88 Å². The van der Waals surface area contributed by atoms with E-state index in [0.29, 0.717) is 19.6 Å². The van der Waals surface area contributed by atoms with E-state index in [2.05, 4.69) is 20.2 Å². The number of rotatable bonds is 5. The van der Waals surface area contributed by atoms with Crippen LogP contribution in [0, 0.1) is 19.8 Å². The zero-order valence-electron chi connectivity index (χ0n) is 16.0. The van der Waals surface area contributed by atoms with Gasteiger partial charge < -0.3 is 5.32 Å². The van der Waals surface area contributed by atoms with Gasteiger partial charge in [0.05, 0.1) is 29.7 Å². The minimum absolute atomic E-state index is 0.0322. The fraction of sp³-hybridized carbons (Fsp3) is 0.526. The van der Waals surface area contributed by atoms with Gasteiger partial charge in [0, 0.05) is 42.3 Å².